The molecule has 1 aromatic heterocycles. The first-order valence-corrected chi connectivity index (χ1v) is 11.1. The number of hydrogen-bond donors (Lipinski definition) is 1. The van der Waals surface area contributed by atoms with Gasteiger partial charge in [0.15, 0.2) is 11.5 Å². The number of aliphatic carboxylic acids is 1. The number of morpholine rings is 1. The van der Waals surface area contributed by atoms with Crippen LogP contribution in [-0.2, 0) is 9.53 Å². The van der Waals surface area contributed by atoms with Crippen molar-refractivity contribution in [2.24, 2.45) is 0 Å². The summed E-state index contributed by atoms with van der Waals surface area (Å²) in [5.74, 6) is 0.648. The summed E-state index contributed by atoms with van der Waals surface area (Å²) in [5, 5.41) is 14.6. The number of methoxy groups -OCH3 is 1. The van der Waals surface area contributed by atoms with Gasteiger partial charge >= 0.3 is 0 Å². The van der Waals surface area contributed by atoms with Crippen LogP contribution in [0.15, 0.2) is 48.8 Å². The Morgan fingerprint density at radius 3 is 2.71 bits per heavy atom. The van der Waals surface area contributed by atoms with Crippen LogP contribution in [0.5, 0.6) is 11.5 Å². The highest BCUT2D eigenvalue weighted by molar-refractivity contribution is 5.93. The quantitative estimate of drug-likeness (QED) is 0.358. The number of carbonyl (C=O) groups is 1. The molecular formula is C25H27N4O5-. The van der Waals surface area contributed by atoms with Crippen LogP contribution in [0.1, 0.15) is 12.0 Å². The molecule has 1 aliphatic heterocycles. The Labute approximate surface area is 198 Å². The van der Waals surface area contributed by atoms with Crippen molar-refractivity contribution < 1.29 is 24.1 Å². The maximum atomic E-state index is 10.6. The van der Waals surface area contributed by atoms with Crippen molar-refractivity contribution in [3.05, 3.63) is 54.4 Å². The van der Waals surface area contributed by atoms with E-state index in [1.165, 1.54) is 12.4 Å². The molecule has 0 radical (unpaired) electrons. The van der Waals surface area contributed by atoms with E-state index in [1.54, 1.807) is 19.2 Å². The van der Waals surface area contributed by atoms with Gasteiger partial charge in [0.25, 0.3) is 0 Å². The van der Waals surface area contributed by atoms with Crippen LogP contribution >= 0.6 is 0 Å². The van der Waals surface area contributed by atoms with Crippen LogP contribution in [0.3, 0.4) is 0 Å². The first-order chi connectivity index (χ1) is 16.6. The highest BCUT2D eigenvalue weighted by atomic mass is 16.5. The summed E-state index contributed by atoms with van der Waals surface area (Å²) in [6.07, 6.45) is 4.88. The number of carboxylic acids is 1. The van der Waals surface area contributed by atoms with E-state index >= 15 is 0 Å². The minimum Gasteiger partial charge on any atom is -0.545 e. The molecule has 0 amide bonds. The summed E-state index contributed by atoms with van der Waals surface area (Å²) in [7, 11) is 1.61. The van der Waals surface area contributed by atoms with Crippen molar-refractivity contribution in [1.82, 2.24) is 14.9 Å². The first-order valence-electron chi connectivity index (χ1n) is 11.1. The Bertz CT molecular complexity index is 1140. The van der Waals surface area contributed by atoms with Gasteiger partial charge in [0.2, 0.25) is 0 Å². The van der Waals surface area contributed by atoms with Gasteiger partial charge in [0, 0.05) is 36.8 Å². The summed E-state index contributed by atoms with van der Waals surface area (Å²) in [4.78, 5) is 21.7. The van der Waals surface area contributed by atoms with Crippen molar-refractivity contribution in [3.63, 3.8) is 0 Å². The van der Waals surface area contributed by atoms with Crippen LogP contribution in [0.4, 0.5) is 11.5 Å². The molecule has 1 saturated heterocycles. The molecule has 0 saturated carbocycles. The normalized spacial score (nSPS) is 14.4. The molecule has 178 valence electrons. The Morgan fingerprint density at radius 1 is 1.18 bits per heavy atom. The number of nitrogens with one attached hydrogen (secondary N) is 1. The standard InChI is InChI=1S/C25H28N4O5/c1-32-22-15-20-21(16-23(22)34-12-2-9-29-10-13-33-14-11-29)26-17-27-25(20)28-19-6-3-18(4-7-19)5-8-24(30)31/h3-8,15-17H,2,9-14H2,1H3,(H,30,31)(H,26,27,28)/p-1/b8-5+. The monoisotopic (exact) mass is 463 g/mol. The fourth-order valence-electron chi connectivity index (χ4n) is 3.71. The number of fused-ring (bicyclic) bond motifs is 1. The van der Waals surface area contributed by atoms with Crippen LogP contribution in [0.25, 0.3) is 17.0 Å². The number of nitrogens with zero attached hydrogens (tertiary/aromatic N) is 3. The fourth-order valence-corrected chi connectivity index (χ4v) is 3.71. The lowest BCUT2D eigenvalue weighted by Crippen LogP contribution is -2.37. The third-order valence-electron chi connectivity index (χ3n) is 5.49. The number of rotatable bonds is 10. The van der Waals surface area contributed by atoms with Gasteiger partial charge < -0.3 is 29.4 Å². The fraction of sp³-hybridized carbons (Fsp3) is 0.320. The molecular weight excluding hydrogens is 436 g/mol. The zero-order valence-electron chi connectivity index (χ0n) is 19.0. The Hall–Kier alpha value is -3.69. The summed E-state index contributed by atoms with van der Waals surface area (Å²) >= 11 is 0. The number of ether oxygens (including phenoxy) is 3. The van der Waals surface area contributed by atoms with E-state index < -0.39 is 5.97 Å². The summed E-state index contributed by atoms with van der Waals surface area (Å²) < 4.78 is 17.0. The average molecular weight is 464 g/mol. The molecule has 0 unspecified atom stereocenters. The maximum Gasteiger partial charge on any atom is 0.163 e. The van der Waals surface area contributed by atoms with Crippen molar-refractivity contribution in [1.29, 1.82) is 0 Å². The molecule has 2 heterocycles. The molecule has 3 aromatic rings. The van der Waals surface area contributed by atoms with Crippen molar-refractivity contribution in [3.8, 4) is 11.5 Å². The molecule has 1 N–H and O–H groups in total. The molecule has 0 spiro atoms. The second kappa shape index (κ2) is 11.4. The Morgan fingerprint density at radius 2 is 1.97 bits per heavy atom. The van der Waals surface area contributed by atoms with E-state index in [4.69, 9.17) is 14.2 Å². The Balaban J connectivity index is 1.45. The van der Waals surface area contributed by atoms with E-state index in [1.807, 2.05) is 24.3 Å². The molecule has 0 atom stereocenters. The van der Waals surface area contributed by atoms with Crippen LogP contribution < -0.4 is 19.9 Å². The van der Waals surface area contributed by atoms with Gasteiger partial charge in [-0.1, -0.05) is 18.2 Å². The highest BCUT2D eigenvalue weighted by Crippen LogP contribution is 2.34. The van der Waals surface area contributed by atoms with Gasteiger partial charge in [-0.25, -0.2) is 9.97 Å². The third-order valence-corrected chi connectivity index (χ3v) is 5.49. The molecule has 0 aliphatic carbocycles. The maximum absolute atomic E-state index is 10.6. The number of carbonyl (C=O) groups excluding carboxylic acids is 1. The van der Waals surface area contributed by atoms with Gasteiger partial charge in [-0.15, -0.1) is 0 Å². The predicted octanol–water partition coefficient (Wildman–Crippen LogP) is 2.25. The molecule has 1 aliphatic rings. The smallest absolute Gasteiger partial charge is 0.163 e. The highest BCUT2D eigenvalue weighted by Gasteiger charge is 2.13. The minimum absolute atomic E-state index is 0.578. The van der Waals surface area contributed by atoms with E-state index in [0.717, 1.165) is 67.5 Å². The van der Waals surface area contributed by atoms with Crippen molar-refractivity contribution in [2.45, 2.75) is 6.42 Å². The van der Waals surface area contributed by atoms with E-state index in [9.17, 15) is 9.90 Å². The molecule has 4 rings (SSSR count). The average Bonchev–Trinajstić information content (AvgIpc) is 2.86. The number of aromatic nitrogens is 2. The van der Waals surface area contributed by atoms with Gasteiger partial charge in [-0.2, -0.15) is 0 Å². The summed E-state index contributed by atoms with van der Waals surface area (Å²) in [6.45, 7) is 5.06. The second-order valence-corrected chi connectivity index (χ2v) is 7.80. The Kier molecular flexibility index (Phi) is 7.90. The number of hydrogen-bond acceptors (Lipinski definition) is 9. The number of anilines is 2. The minimum atomic E-state index is -1.23. The molecule has 1 fully saturated rings. The summed E-state index contributed by atoms with van der Waals surface area (Å²) in [5.41, 5.74) is 2.28. The van der Waals surface area contributed by atoms with Crippen molar-refractivity contribution >= 4 is 34.5 Å². The number of carboxylic acid groups (broad SMARTS) is 1. The molecule has 2 aromatic carbocycles. The lowest BCUT2D eigenvalue weighted by molar-refractivity contribution is -0.297. The molecule has 9 nitrogen and oxygen atoms in total. The topological polar surface area (TPSA) is 109 Å². The van der Waals surface area contributed by atoms with Gasteiger partial charge in [-0.3, -0.25) is 4.90 Å². The van der Waals surface area contributed by atoms with Crippen LogP contribution in [0, 0.1) is 0 Å². The molecule has 34 heavy (non-hydrogen) atoms. The summed E-state index contributed by atoms with van der Waals surface area (Å²) in [6, 6.07) is 11.0. The van der Waals surface area contributed by atoms with Crippen molar-refractivity contribution in [2.75, 3.05) is 51.9 Å². The van der Waals surface area contributed by atoms with Gasteiger partial charge in [-0.05, 0) is 36.3 Å². The SMILES string of the molecule is COc1cc2c(Nc3ccc(/C=C/C(=O)[O-])cc3)ncnc2cc1OCCCN1CCOCC1. The van der Waals surface area contributed by atoms with E-state index in [2.05, 4.69) is 20.2 Å². The predicted molar refractivity (Wildman–Crippen MR) is 127 cm³/mol. The number of benzene rings is 2. The van der Waals surface area contributed by atoms with Crippen LogP contribution in [-0.4, -0.2) is 67.4 Å². The van der Waals surface area contributed by atoms with Gasteiger partial charge in [0.1, 0.15) is 12.1 Å². The van der Waals surface area contributed by atoms with E-state index in [-0.39, 0.29) is 0 Å². The largest absolute Gasteiger partial charge is 0.545 e. The van der Waals surface area contributed by atoms with Crippen LogP contribution in [0.2, 0.25) is 0 Å². The zero-order valence-corrected chi connectivity index (χ0v) is 19.0. The third kappa shape index (κ3) is 6.21. The van der Waals surface area contributed by atoms with E-state index in [0.29, 0.717) is 23.9 Å². The molecule has 0 bridgehead atoms. The first kappa shape index (κ1) is 23.5. The van der Waals surface area contributed by atoms with Gasteiger partial charge in [0.05, 0.1) is 38.4 Å². The molecule has 9 heteroatoms. The lowest BCUT2D eigenvalue weighted by Gasteiger charge is -2.26. The second-order valence-electron chi connectivity index (χ2n) is 7.80. The lowest BCUT2D eigenvalue weighted by atomic mass is 10.1. The zero-order chi connectivity index (χ0) is 23.8.